The molecule has 1 heterocycles. The van der Waals surface area contributed by atoms with Gasteiger partial charge in [0.05, 0.1) is 18.1 Å². The van der Waals surface area contributed by atoms with Crippen molar-refractivity contribution in [2.45, 2.75) is 97.1 Å². The summed E-state index contributed by atoms with van der Waals surface area (Å²) in [6.45, 7) is 6.38. The zero-order valence-electron chi connectivity index (χ0n) is 19.6. The Hall–Kier alpha value is -1.88. The summed E-state index contributed by atoms with van der Waals surface area (Å²) in [5, 5.41) is 10.6. The molecule has 0 unspecified atom stereocenters. The zero-order chi connectivity index (χ0) is 22.6. The number of nitrogens with zero attached hydrogens (tertiary/aromatic N) is 1. The van der Waals surface area contributed by atoms with Gasteiger partial charge in [-0.15, -0.1) is 0 Å². The molecule has 1 saturated heterocycles. The number of carbonyl (C=O) groups excluding carboxylic acids is 2. The Balaban J connectivity index is 1.77. The highest BCUT2D eigenvalue weighted by Gasteiger charge is 2.41. The maximum Gasteiger partial charge on any atom is 0.416 e. The second kappa shape index (κ2) is 13.5. The van der Waals surface area contributed by atoms with Crippen LogP contribution in [0.5, 0.6) is 0 Å². The SMILES string of the molecule is CCCCCCCC[C@H](C)CC[C@@H](O)[C@H](C)C(=O)N1C(=O)OC[C@@H]1Cc1ccccc1. The van der Waals surface area contributed by atoms with Crippen molar-refractivity contribution in [1.82, 2.24) is 4.90 Å². The number of amides is 2. The van der Waals surface area contributed by atoms with Gasteiger partial charge in [0.25, 0.3) is 0 Å². The van der Waals surface area contributed by atoms with Gasteiger partial charge in [0, 0.05) is 0 Å². The molecule has 1 aliphatic heterocycles. The van der Waals surface area contributed by atoms with Crippen molar-refractivity contribution in [3.8, 4) is 0 Å². The van der Waals surface area contributed by atoms with Crippen LogP contribution in [0.15, 0.2) is 30.3 Å². The summed E-state index contributed by atoms with van der Waals surface area (Å²) in [4.78, 5) is 26.5. The van der Waals surface area contributed by atoms with E-state index in [1.54, 1.807) is 6.92 Å². The number of cyclic esters (lactones) is 1. The molecule has 1 aliphatic rings. The van der Waals surface area contributed by atoms with Gasteiger partial charge in [-0.1, -0.05) is 96.0 Å². The number of aliphatic hydroxyl groups excluding tert-OH is 1. The van der Waals surface area contributed by atoms with Crippen LogP contribution in [0.3, 0.4) is 0 Å². The molecule has 0 radical (unpaired) electrons. The van der Waals surface area contributed by atoms with E-state index in [2.05, 4.69) is 13.8 Å². The molecular weight excluding hydrogens is 390 g/mol. The molecule has 2 amide bonds. The second-order valence-electron chi connectivity index (χ2n) is 9.22. The highest BCUT2D eigenvalue weighted by atomic mass is 16.6. The number of aliphatic hydroxyl groups is 1. The molecule has 0 aliphatic carbocycles. The molecule has 1 aromatic carbocycles. The molecule has 1 aromatic rings. The monoisotopic (exact) mass is 431 g/mol. The van der Waals surface area contributed by atoms with Crippen LogP contribution in [-0.4, -0.2) is 40.8 Å². The summed E-state index contributed by atoms with van der Waals surface area (Å²) in [6, 6.07) is 9.47. The summed E-state index contributed by atoms with van der Waals surface area (Å²) < 4.78 is 5.16. The molecule has 174 valence electrons. The average molecular weight is 432 g/mol. The fourth-order valence-corrected chi connectivity index (χ4v) is 4.27. The minimum absolute atomic E-state index is 0.206. The van der Waals surface area contributed by atoms with Crippen LogP contribution in [0.2, 0.25) is 0 Å². The zero-order valence-corrected chi connectivity index (χ0v) is 19.6. The van der Waals surface area contributed by atoms with E-state index < -0.39 is 18.1 Å². The van der Waals surface area contributed by atoms with E-state index in [9.17, 15) is 14.7 Å². The van der Waals surface area contributed by atoms with Crippen LogP contribution in [0.4, 0.5) is 4.79 Å². The first-order valence-electron chi connectivity index (χ1n) is 12.2. The van der Waals surface area contributed by atoms with Crippen LogP contribution in [0.25, 0.3) is 0 Å². The van der Waals surface area contributed by atoms with Crippen LogP contribution >= 0.6 is 0 Å². The second-order valence-corrected chi connectivity index (χ2v) is 9.22. The lowest BCUT2D eigenvalue weighted by atomic mass is 9.91. The van der Waals surface area contributed by atoms with Crippen LogP contribution in [0, 0.1) is 11.8 Å². The number of imide groups is 1. The van der Waals surface area contributed by atoms with Crippen molar-refractivity contribution in [2.75, 3.05) is 6.61 Å². The van der Waals surface area contributed by atoms with Gasteiger partial charge in [0.2, 0.25) is 5.91 Å². The van der Waals surface area contributed by atoms with Gasteiger partial charge in [-0.3, -0.25) is 4.79 Å². The van der Waals surface area contributed by atoms with E-state index in [1.165, 1.54) is 49.8 Å². The summed E-state index contributed by atoms with van der Waals surface area (Å²) >= 11 is 0. The number of benzene rings is 1. The first-order chi connectivity index (χ1) is 14.9. The van der Waals surface area contributed by atoms with Gasteiger partial charge in [0.1, 0.15) is 6.61 Å². The van der Waals surface area contributed by atoms with Gasteiger partial charge in [-0.25, -0.2) is 9.69 Å². The Bertz CT molecular complexity index is 663. The van der Waals surface area contributed by atoms with Gasteiger partial charge in [-0.2, -0.15) is 0 Å². The molecule has 2 rings (SSSR count). The molecule has 1 N–H and O–H groups in total. The third-order valence-electron chi connectivity index (χ3n) is 6.49. The van der Waals surface area contributed by atoms with Crippen molar-refractivity contribution in [3.63, 3.8) is 0 Å². The molecule has 1 fully saturated rings. The molecule has 5 heteroatoms. The minimum Gasteiger partial charge on any atom is -0.447 e. The number of ether oxygens (including phenoxy) is 1. The van der Waals surface area contributed by atoms with E-state index in [0.717, 1.165) is 12.0 Å². The van der Waals surface area contributed by atoms with E-state index in [-0.39, 0.29) is 18.6 Å². The van der Waals surface area contributed by atoms with Crippen molar-refractivity contribution in [1.29, 1.82) is 0 Å². The van der Waals surface area contributed by atoms with E-state index in [4.69, 9.17) is 4.74 Å². The smallest absolute Gasteiger partial charge is 0.416 e. The Kier molecular flexibility index (Phi) is 11.1. The molecule has 0 spiro atoms. The number of hydrogen-bond donors (Lipinski definition) is 1. The van der Waals surface area contributed by atoms with E-state index in [0.29, 0.717) is 18.8 Å². The van der Waals surface area contributed by atoms with Crippen LogP contribution in [-0.2, 0) is 16.0 Å². The molecule has 31 heavy (non-hydrogen) atoms. The minimum atomic E-state index is -0.745. The van der Waals surface area contributed by atoms with Gasteiger partial charge in [0.15, 0.2) is 0 Å². The lowest BCUT2D eigenvalue weighted by molar-refractivity contribution is -0.136. The lowest BCUT2D eigenvalue weighted by Gasteiger charge is -2.26. The largest absolute Gasteiger partial charge is 0.447 e. The number of unbranched alkanes of at least 4 members (excludes halogenated alkanes) is 5. The highest BCUT2D eigenvalue weighted by Crippen LogP contribution is 2.24. The fourth-order valence-electron chi connectivity index (χ4n) is 4.27. The number of carbonyl (C=O) groups is 2. The van der Waals surface area contributed by atoms with E-state index in [1.807, 2.05) is 30.3 Å². The third kappa shape index (κ3) is 8.29. The summed E-state index contributed by atoms with van der Waals surface area (Å²) in [5.74, 6) is -0.421. The van der Waals surface area contributed by atoms with Crippen molar-refractivity contribution in [3.05, 3.63) is 35.9 Å². The molecule has 5 nitrogen and oxygen atoms in total. The van der Waals surface area contributed by atoms with Gasteiger partial charge < -0.3 is 9.84 Å². The van der Waals surface area contributed by atoms with Crippen molar-refractivity contribution in [2.24, 2.45) is 11.8 Å². The van der Waals surface area contributed by atoms with Crippen LogP contribution in [0.1, 0.15) is 84.1 Å². The lowest BCUT2D eigenvalue weighted by Crippen LogP contribution is -2.45. The topological polar surface area (TPSA) is 66.8 Å². The Morgan fingerprint density at radius 3 is 2.45 bits per heavy atom. The van der Waals surface area contributed by atoms with Crippen molar-refractivity contribution < 1.29 is 19.4 Å². The average Bonchev–Trinajstić information content (AvgIpc) is 3.13. The van der Waals surface area contributed by atoms with Gasteiger partial charge in [-0.05, 0) is 30.7 Å². The maximum atomic E-state index is 13.0. The van der Waals surface area contributed by atoms with Crippen LogP contribution < -0.4 is 0 Å². The normalized spacial score (nSPS) is 19.2. The number of rotatable bonds is 14. The predicted molar refractivity (Wildman–Crippen MR) is 124 cm³/mol. The first kappa shape index (κ1) is 25.4. The molecule has 0 saturated carbocycles. The summed E-state index contributed by atoms with van der Waals surface area (Å²) in [7, 11) is 0. The molecule has 4 atom stereocenters. The number of hydrogen-bond acceptors (Lipinski definition) is 4. The highest BCUT2D eigenvalue weighted by molar-refractivity contribution is 5.94. The Morgan fingerprint density at radius 2 is 1.74 bits per heavy atom. The summed E-state index contributed by atoms with van der Waals surface area (Å²) in [5.41, 5.74) is 1.06. The van der Waals surface area contributed by atoms with E-state index >= 15 is 0 Å². The van der Waals surface area contributed by atoms with Gasteiger partial charge >= 0.3 is 6.09 Å². The summed E-state index contributed by atoms with van der Waals surface area (Å²) in [6.07, 6.45) is 9.61. The standard InChI is InChI=1S/C26H41NO4/c1-4-5-6-7-8-10-13-20(2)16-17-24(28)21(3)25(29)27-23(19-31-26(27)30)18-22-14-11-9-12-15-22/h9,11-12,14-15,20-21,23-24,28H,4-8,10,13,16-19H2,1-3H3/t20-,21-,23-,24+/m0/s1. The molecule has 0 bridgehead atoms. The third-order valence-corrected chi connectivity index (χ3v) is 6.49. The maximum absolute atomic E-state index is 13.0. The van der Waals surface area contributed by atoms with Crippen molar-refractivity contribution >= 4 is 12.0 Å². The first-order valence-corrected chi connectivity index (χ1v) is 12.2. The fraction of sp³-hybridized carbons (Fsp3) is 0.692. The Labute approximate surface area is 188 Å². The predicted octanol–water partition coefficient (Wildman–Crippen LogP) is 5.74. The molecular formula is C26H41NO4. The molecule has 0 aromatic heterocycles. The Morgan fingerprint density at radius 1 is 1.06 bits per heavy atom. The quantitative estimate of drug-likeness (QED) is 0.381.